The summed E-state index contributed by atoms with van der Waals surface area (Å²) in [6.07, 6.45) is -0.665. The standard InChI is InChI=1S/C20H24N4O6/c21-12-2-1-3-17(23)18(25)19(13-4-6-14(22)7-5-13)30-20(26)29-16-10-8-15(9-11-16)24(27)28/h4-11,17,19H,1-3,12,21-23H2. The van der Waals surface area contributed by atoms with E-state index in [1.54, 1.807) is 24.3 Å². The molecule has 10 nitrogen and oxygen atoms in total. The number of rotatable bonds is 10. The highest BCUT2D eigenvalue weighted by Crippen LogP contribution is 2.24. The van der Waals surface area contributed by atoms with Crippen molar-refractivity contribution in [2.75, 3.05) is 12.3 Å². The number of nitro groups is 1. The van der Waals surface area contributed by atoms with Crippen LogP contribution in [0.3, 0.4) is 0 Å². The zero-order valence-corrected chi connectivity index (χ0v) is 16.2. The number of benzene rings is 2. The fraction of sp³-hybridized carbons (Fsp3) is 0.300. The monoisotopic (exact) mass is 416 g/mol. The van der Waals surface area contributed by atoms with Crippen molar-refractivity contribution in [2.24, 2.45) is 11.5 Å². The van der Waals surface area contributed by atoms with Crippen molar-refractivity contribution < 1.29 is 24.0 Å². The fourth-order valence-corrected chi connectivity index (χ4v) is 2.66. The van der Waals surface area contributed by atoms with Gasteiger partial charge in [0, 0.05) is 23.4 Å². The van der Waals surface area contributed by atoms with Crippen LogP contribution in [-0.4, -0.2) is 29.4 Å². The minimum Gasteiger partial charge on any atom is -0.418 e. The number of nitrogens with zero attached hydrogens (tertiary/aromatic N) is 1. The van der Waals surface area contributed by atoms with Gasteiger partial charge in [-0.05, 0) is 43.7 Å². The summed E-state index contributed by atoms with van der Waals surface area (Å²) in [5.41, 5.74) is 17.8. The maximum absolute atomic E-state index is 12.8. The van der Waals surface area contributed by atoms with Gasteiger partial charge < -0.3 is 26.7 Å². The molecule has 2 rings (SSSR count). The molecule has 0 radical (unpaired) electrons. The lowest BCUT2D eigenvalue weighted by Gasteiger charge is -2.20. The summed E-state index contributed by atoms with van der Waals surface area (Å²) < 4.78 is 10.3. The number of hydrogen-bond acceptors (Lipinski definition) is 9. The van der Waals surface area contributed by atoms with Gasteiger partial charge in [-0.3, -0.25) is 14.9 Å². The first-order chi connectivity index (χ1) is 14.3. The van der Waals surface area contributed by atoms with E-state index in [-0.39, 0.29) is 11.4 Å². The number of ketones is 1. The molecule has 0 aliphatic heterocycles. The van der Waals surface area contributed by atoms with Gasteiger partial charge in [-0.25, -0.2) is 4.79 Å². The first kappa shape index (κ1) is 22.8. The number of non-ortho nitro benzene ring substituents is 1. The van der Waals surface area contributed by atoms with E-state index in [0.29, 0.717) is 30.6 Å². The van der Waals surface area contributed by atoms with E-state index in [1.807, 2.05) is 0 Å². The van der Waals surface area contributed by atoms with E-state index in [2.05, 4.69) is 0 Å². The first-order valence-electron chi connectivity index (χ1n) is 9.29. The summed E-state index contributed by atoms with van der Waals surface area (Å²) in [7, 11) is 0. The van der Waals surface area contributed by atoms with Crippen molar-refractivity contribution in [3.05, 3.63) is 64.2 Å². The molecule has 0 saturated carbocycles. The number of nitrogens with two attached hydrogens (primary N) is 3. The van der Waals surface area contributed by atoms with Gasteiger partial charge in [0.2, 0.25) is 0 Å². The topological polar surface area (TPSA) is 174 Å². The van der Waals surface area contributed by atoms with Crippen LogP contribution in [-0.2, 0) is 9.53 Å². The lowest BCUT2D eigenvalue weighted by Crippen LogP contribution is -2.37. The molecule has 0 bridgehead atoms. The Morgan fingerprint density at radius 1 is 1.03 bits per heavy atom. The molecule has 0 fully saturated rings. The maximum atomic E-state index is 12.8. The van der Waals surface area contributed by atoms with E-state index in [1.165, 1.54) is 24.3 Å². The van der Waals surface area contributed by atoms with Gasteiger partial charge in [-0.15, -0.1) is 0 Å². The number of hydrogen-bond donors (Lipinski definition) is 3. The normalized spacial score (nSPS) is 12.6. The molecule has 0 aliphatic rings. The second-order valence-electron chi connectivity index (χ2n) is 6.56. The molecule has 160 valence electrons. The Hall–Kier alpha value is -3.50. The number of nitro benzene ring substituents is 1. The van der Waals surface area contributed by atoms with E-state index < -0.39 is 29.0 Å². The minimum absolute atomic E-state index is 0.0290. The van der Waals surface area contributed by atoms with Crippen LogP contribution >= 0.6 is 0 Å². The van der Waals surface area contributed by atoms with E-state index in [4.69, 9.17) is 26.7 Å². The summed E-state index contributed by atoms with van der Waals surface area (Å²) >= 11 is 0. The fourth-order valence-electron chi connectivity index (χ4n) is 2.66. The lowest BCUT2D eigenvalue weighted by molar-refractivity contribution is -0.384. The molecule has 10 heteroatoms. The number of carbonyl (C=O) groups is 2. The Labute approximate surface area is 173 Å². The first-order valence-corrected chi connectivity index (χ1v) is 9.29. The third kappa shape index (κ3) is 6.54. The number of unbranched alkanes of at least 4 members (excludes halogenated alkanes) is 1. The Morgan fingerprint density at radius 3 is 2.23 bits per heavy atom. The molecule has 0 saturated heterocycles. The Balaban J connectivity index is 2.13. The SMILES string of the molecule is NCCCCC(N)C(=O)C(OC(=O)Oc1ccc([N+](=O)[O-])cc1)c1ccc(N)cc1. The zero-order chi connectivity index (χ0) is 22.1. The average Bonchev–Trinajstić information content (AvgIpc) is 2.72. The summed E-state index contributed by atoms with van der Waals surface area (Å²) in [4.78, 5) is 35.2. The summed E-state index contributed by atoms with van der Waals surface area (Å²) in [5, 5.41) is 10.7. The smallest absolute Gasteiger partial charge is 0.418 e. The van der Waals surface area contributed by atoms with Crippen molar-refractivity contribution >= 4 is 23.3 Å². The number of carbonyl (C=O) groups excluding carboxylic acids is 2. The van der Waals surface area contributed by atoms with Gasteiger partial charge in [0.05, 0.1) is 11.0 Å². The van der Waals surface area contributed by atoms with Crippen LogP contribution in [0.25, 0.3) is 0 Å². The van der Waals surface area contributed by atoms with Crippen LogP contribution in [0.5, 0.6) is 5.75 Å². The Bertz CT molecular complexity index is 870. The Kier molecular flexibility index (Phi) is 8.27. The highest BCUT2D eigenvalue weighted by atomic mass is 16.7. The molecule has 2 aromatic carbocycles. The van der Waals surface area contributed by atoms with Crippen molar-refractivity contribution in [3.63, 3.8) is 0 Å². The van der Waals surface area contributed by atoms with E-state index in [9.17, 15) is 19.7 Å². The third-order valence-electron chi connectivity index (χ3n) is 4.30. The molecule has 6 N–H and O–H groups in total. The molecule has 2 atom stereocenters. The largest absolute Gasteiger partial charge is 0.514 e. The van der Waals surface area contributed by atoms with Crippen LogP contribution in [0.1, 0.15) is 30.9 Å². The molecule has 2 unspecified atom stereocenters. The van der Waals surface area contributed by atoms with Gasteiger partial charge in [-0.1, -0.05) is 18.6 Å². The maximum Gasteiger partial charge on any atom is 0.514 e. The van der Waals surface area contributed by atoms with E-state index in [0.717, 1.165) is 6.42 Å². The van der Waals surface area contributed by atoms with Crippen molar-refractivity contribution in [3.8, 4) is 5.75 Å². The third-order valence-corrected chi connectivity index (χ3v) is 4.30. The van der Waals surface area contributed by atoms with Crippen LogP contribution in [0, 0.1) is 10.1 Å². The van der Waals surface area contributed by atoms with Gasteiger partial charge in [0.15, 0.2) is 11.9 Å². The summed E-state index contributed by atoms with van der Waals surface area (Å²) in [5.74, 6) is -0.459. The zero-order valence-electron chi connectivity index (χ0n) is 16.2. The van der Waals surface area contributed by atoms with Crippen LogP contribution in [0.4, 0.5) is 16.2 Å². The van der Waals surface area contributed by atoms with Gasteiger partial charge >= 0.3 is 6.16 Å². The predicted octanol–water partition coefficient (Wildman–Crippen LogP) is 2.46. The van der Waals surface area contributed by atoms with Crippen molar-refractivity contribution in [1.82, 2.24) is 0 Å². The van der Waals surface area contributed by atoms with Crippen LogP contribution in [0.15, 0.2) is 48.5 Å². The summed E-state index contributed by atoms with van der Waals surface area (Å²) in [6, 6.07) is 10.3. The minimum atomic E-state index is -1.29. The van der Waals surface area contributed by atoms with Gasteiger partial charge in [-0.2, -0.15) is 0 Å². The molecular formula is C20H24N4O6. The van der Waals surface area contributed by atoms with Crippen molar-refractivity contribution in [2.45, 2.75) is 31.4 Å². The second-order valence-corrected chi connectivity index (χ2v) is 6.56. The molecule has 2 aromatic rings. The van der Waals surface area contributed by atoms with Gasteiger partial charge in [0.1, 0.15) is 5.75 Å². The quantitative estimate of drug-likeness (QED) is 0.131. The highest BCUT2D eigenvalue weighted by Gasteiger charge is 2.30. The summed E-state index contributed by atoms with van der Waals surface area (Å²) in [6.45, 7) is 0.486. The molecule has 0 heterocycles. The van der Waals surface area contributed by atoms with E-state index >= 15 is 0 Å². The lowest BCUT2D eigenvalue weighted by atomic mass is 9.97. The molecule has 0 aromatic heterocycles. The number of anilines is 1. The van der Waals surface area contributed by atoms with Crippen molar-refractivity contribution in [1.29, 1.82) is 0 Å². The highest BCUT2D eigenvalue weighted by molar-refractivity contribution is 5.90. The molecule has 0 amide bonds. The van der Waals surface area contributed by atoms with Crippen LogP contribution in [0.2, 0.25) is 0 Å². The predicted molar refractivity (Wildman–Crippen MR) is 110 cm³/mol. The number of ether oxygens (including phenoxy) is 2. The molecular weight excluding hydrogens is 392 g/mol. The van der Waals surface area contributed by atoms with Gasteiger partial charge in [0.25, 0.3) is 5.69 Å². The second kappa shape index (κ2) is 10.9. The average molecular weight is 416 g/mol. The molecule has 0 spiro atoms. The Morgan fingerprint density at radius 2 is 1.67 bits per heavy atom. The number of nitrogen functional groups attached to an aromatic ring is 1. The van der Waals surface area contributed by atoms with Crippen LogP contribution < -0.4 is 21.9 Å². The molecule has 30 heavy (non-hydrogen) atoms. The number of Topliss-reactive ketones (excluding diaryl/α,β-unsaturated/α-hetero) is 1. The molecule has 0 aliphatic carbocycles.